The van der Waals surface area contributed by atoms with Crippen molar-refractivity contribution >= 4 is 11.9 Å². The van der Waals surface area contributed by atoms with Crippen LogP contribution in [0.15, 0.2) is 35.3 Å². The molecule has 0 spiro atoms. The van der Waals surface area contributed by atoms with Crippen LogP contribution in [0.1, 0.15) is 110 Å². The Labute approximate surface area is 321 Å². The highest BCUT2D eigenvalue weighted by atomic mass is 19.4. The fourth-order valence-electron chi connectivity index (χ4n) is 8.02. The van der Waals surface area contributed by atoms with Crippen molar-refractivity contribution in [3.05, 3.63) is 91.4 Å². The Morgan fingerprint density at radius 2 is 1.62 bits per heavy atom. The van der Waals surface area contributed by atoms with E-state index in [1.165, 1.54) is 13.0 Å². The van der Waals surface area contributed by atoms with Crippen LogP contribution in [0.25, 0.3) is 11.1 Å². The molecule has 2 aliphatic rings. The van der Waals surface area contributed by atoms with Gasteiger partial charge in [0.05, 0.1) is 23.6 Å². The number of aryl methyl sites for hydroxylation is 3. The molecular weight excluding hydrogens is 743 g/mol. The van der Waals surface area contributed by atoms with Crippen LogP contribution >= 0.6 is 0 Å². The number of pyridine rings is 1. The minimum atomic E-state index is -4.93. The van der Waals surface area contributed by atoms with Gasteiger partial charge in [0, 0.05) is 42.3 Å². The molecule has 5 rings (SSSR count). The third-order valence-electron chi connectivity index (χ3n) is 10.7. The summed E-state index contributed by atoms with van der Waals surface area (Å²) in [7, 11) is 0. The van der Waals surface area contributed by atoms with Gasteiger partial charge >= 0.3 is 12.1 Å². The Bertz CT molecular complexity index is 2100. The average Bonchev–Trinajstić information content (AvgIpc) is 3.69. The molecule has 1 saturated heterocycles. The Morgan fingerprint density at radius 3 is 2.14 bits per heavy atom. The van der Waals surface area contributed by atoms with Crippen LogP contribution in [-0.4, -0.2) is 52.0 Å². The van der Waals surface area contributed by atoms with Crippen molar-refractivity contribution in [1.29, 1.82) is 0 Å². The molecule has 1 saturated carbocycles. The van der Waals surface area contributed by atoms with Gasteiger partial charge in [-0.3, -0.25) is 14.4 Å². The number of carboxylic acids is 1. The van der Waals surface area contributed by atoms with E-state index in [1.807, 2.05) is 6.92 Å². The van der Waals surface area contributed by atoms with E-state index in [0.29, 0.717) is 22.8 Å². The van der Waals surface area contributed by atoms with Gasteiger partial charge in [0.15, 0.2) is 0 Å². The van der Waals surface area contributed by atoms with E-state index in [2.05, 4.69) is 17.2 Å². The first-order chi connectivity index (χ1) is 26.1. The molecule has 1 aliphatic carbocycles. The number of benzene rings is 2. The van der Waals surface area contributed by atoms with Gasteiger partial charge in [-0.1, -0.05) is 37.5 Å². The van der Waals surface area contributed by atoms with E-state index < -0.39 is 82.6 Å². The third kappa shape index (κ3) is 9.31. The van der Waals surface area contributed by atoms with Gasteiger partial charge < -0.3 is 19.9 Å². The molecule has 1 unspecified atom stereocenters. The third-order valence-corrected chi connectivity index (χ3v) is 10.7. The summed E-state index contributed by atoms with van der Waals surface area (Å²) < 4.78 is 104. The van der Waals surface area contributed by atoms with Crippen molar-refractivity contribution in [3.63, 3.8) is 0 Å². The standard InChI is InChI=1S/C42H46F7N3O4/c1-7-8-27-16-29(36-24(5)14-23(4)15-25(36)6)39(44)37(38(27)43)32(18-35(54)55)50-40(56)33(13-22(2)3)52-21-30(31(17-34(52)53)42(47,48)49)26-9-11-51(12-10-26)20-28-19-41(28,45)46/h14-17,21-22,26,28,32-33H,9-13,18-20H2,1-6H3,(H,50,56)(H,54,55)/t28?,32-,33+/m0/s1. The number of alkyl halides is 5. The van der Waals surface area contributed by atoms with Crippen LogP contribution in [0.2, 0.25) is 0 Å². The normalized spacial score (nSPS) is 18.3. The summed E-state index contributed by atoms with van der Waals surface area (Å²) in [5.41, 5.74) is -1.05. The second-order valence-corrected chi connectivity index (χ2v) is 15.6. The SMILES string of the molecule is CC#Cc1cc(-c2c(C)cc(C)cc2C)c(F)c([C@H](CC(=O)O)NC(=O)[C@@H](CC(C)C)n2cc(C3CCN(CC4CC4(F)F)CC3)c(C(F)(F)F)cc2=O)c1F. The van der Waals surface area contributed by atoms with E-state index >= 15 is 8.78 Å². The van der Waals surface area contributed by atoms with Gasteiger partial charge in [0.1, 0.15) is 17.7 Å². The predicted octanol–water partition coefficient (Wildman–Crippen LogP) is 8.86. The molecule has 0 bridgehead atoms. The number of nitrogens with one attached hydrogen (secondary N) is 1. The highest BCUT2D eigenvalue weighted by Gasteiger charge is 2.57. The smallest absolute Gasteiger partial charge is 0.416 e. The summed E-state index contributed by atoms with van der Waals surface area (Å²) in [4.78, 5) is 41.8. The molecule has 56 heavy (non-hydrogen) atoms. The van der Waals surface area contributed by atoms with Crippen LogP contribution in [0, 0.1) is 56.1 Å². The first-order valence-corrected chi connectivity index (χ1v) is 18.6. The number of hydrogen-bond acceptors (Lipinski definition) is 4. The lowest BCUT2D eigenvalue weighted by Crippen LogP contribution is -2.41. The zero-order chi connectivity index (χ0) is 41.4. The fourth-order valence-corrected chi connectivity index (χ4v) is 8.02. The Kier molecular flexibility index (Phi) is 12.5. The van der Waals surface area contributed by atoms with Gasteiger partial charge in [-0.2, -0.15) is 13.2 Å². The van der Waals surface area contributed by atoms with Gasteiger partial charge in [0.2, 0.25) is 5.91 Å². The van der Waals surface area contributed by atoms with E-state index in [1.54, 1.807) is 44.7 Å². The number of carbonyl (C=O) groups is 2. The van der Waals surface area contributed by atoms with Crippen LogP contribution < -0.4 is 10.9 Å². The maximum atomic E-state index is 16.8. The molecule has 1 aromatic heterocycles. The molecular formula is C42H46F7N3O4. The Hall–Kier alpha value is -4.64. The quantitative estimate of drug-likeness (QED) is 0.141. The number of piperidine rings is 1. The van der Waals surface area contributed by atoms with E-state index in [9.17, 15) is 41.4 Å². The summed E-state index contributed by atoms with van der Waals surface area (Å²) in [6, 6.07) is 1.92. The number of aliphatic carboxylic acids is 1. The van der Waals surface area contributed by atoms with Crippen molar-refractivity contribution in [3.8, 4) is 23.0 Å². The van der Waals surface area contributed by atoms with Crippen molar-refractivity contribution in [1.82, 2.24) is 14.8 Å². The Morgan fingerprint density at radius 1 is 1.02 bits per heavy atom. The number of nitrogens with zero attached hydrogens (tertiary/aromatic N) is 2. The van der Waals surface area contributed by atoms with Gasteiger partial charge in [-0.05, 0) is 100 Å². The molecule has 302 valence electrons. The lowest BCUT2D eigenvalue weighted by molar-refractivity contribution is -0.139. The van der Waals surface area contributed by atoms with E-state index in [4.69, 9.17) is 0 Å². The van der Waals surface area contributed by atoms with Crippen LogP contribution in [0.5, 0.6) is 0 Å². The van der Waals surface area contributed by atoms with Crippen molar-refractivity contribution in [2.24, 2.45) is 11.8 Å². The monoisotopic (exact) mass is 789 g/mol. The van der Waals surface area contributed by atoms with Gasteiger partial charge in [0.25, 0.3) is 11.5 Å². The number of aromatic nitrogens is 1. The molecule has 1 amide bonds. The predicted molar refractivity (Wildman–Crippen MR) is 197 cm³/mol. The van der Waals surface area contributed by atoms with Crippen molar-refractivity contribution in [2.45, 2.75) is 104 Å². The molecule has 2 N–H and O–H groups in total. The maximum Gasteiger partial charge on any atom is 0.416 e. The molecule has 14 heteroatoms. The summed E-state index contributed by atoms with van der Waals surface area (Å²) in [5, 5.41) is 12.4. The van der Waals surface area contributed by atoms with Crippen molar-refractivity contribution < 1.29 is 45.4 Å². The fraction of sp³-hybridized carbons (Fsp3) is 0.500. The maximum absolute atomic E-state index is 16.8. The molecule has 3 atom stereocenters. The molecule has 3 aromatic rings. The molecule has 2 aromatic carbocycles. The number of halogens is 7. The molecule has 1 aliphatic heterocycles. The number of carboxylic acid groups (broad SMARTS) is 1. The highest BCUT2D eigenvalue weighted by molar-refractivity contribution is 5.82. The molecule has 2 fully saturated rings. The number of amides is 1. The average molecular weight is 790 g/mol. The summed E-state index contributed by atoms with van der Waals surface area (Å²) in [6.45, 7) is 10.8. The zero-order valence-corrected chi connectivity index (χ0v) is 32.1. The Balaban J connectivity index is 1.57. The first-order valence-electron chi connectivity index (χ1n) is 18.6. The molecule has 2 heterocycles. The van der Waals surface area contributed by atoms with Crippen LogP contribution in [0.4, 0.5) is 30.7 Å². The highest BCUT2D eigenvalue weighted by Crippen LogP contribution is 2.49. The molecule has 0 radical (unpaired) electrons. The second kappa shape index (κ2) is 16.5. The number of likely N-dealkylation sites (tertiary alicyclic amines) is 1. The second-order valence-electron chi connectivity index (χ2n) is 15.6. The summed E-state index contributed by atoms with van der Waals surface area (Å²) >= 11 is 0. The lowest BCUT2D eigenvalue weighted by Gasteiger charge is -2.34. The van der Waals surface area contributed by atoms with Crippen molar-refractivity contribution in [2.75, 3.05) is 19.6 Å². The zero-order valence-electron chi connectivity index (χ0n) is 32.1. The van der Waals surface area contributed by atoms with E-state index in [-0.39, 0.29) is 67.9 Å². The van der Waals surface area contributed by atoms with Crippen LogP contribution in [0.3, 0.4) is 0 Å². The molecule has 7 nitrogen and oxygen atoms in total. The van der Waals surface area contributed by atoms with E-state index in [0.717, 1.165) is 16.3 Å². The minimum absolute atomic E-state index is 0.0713. The topological polar surface area (TPSA) is 91.6 Å². The largest absolute Gasteiger partial charge is 0.481 e. The summed E-state index contributed by atoms with van der Waals surface area (Å²) in [6.07, 6.45) is -4.90. The number of carbonyl (C=O) groups excluding carboxylic acids is 1. The first kappa shape index (κ1) is 42.5. The number of rotatable bonds is 12. The van der Waals surface area contributed by atoms with Gasteiger partial charge in [-0.15, -0.1) is 5.92 Å². The number of hydrogen-bond donors (Lipinski definition) is 2. The minimum Gasteiger partial charge on any atom is -0.481 e. The van der Waals surface area contributed by atoms with Crippen LogP contribution in [-0.2, 0) is 15.8 Å². The van der Waals surface area contributed by atoms with Gasteiger partial charge in [-0.25, -0.2) is 17.6 Å². The summed E-state index contributed by atoms with van der Waals surface area (Å²) in [5.74, 6) is -4.30. The lowest BCUT2D eigenvalue weighted by atomic mass is 9.87.